The van der Waals surface area contributed by atoms with E-state index in [2.05, 4.69) is 29.2 Å². The summed E-state index contributed by atoms with van der Waals surface area (Å²) in [5, 5.41) is 10.5. The standard InChI is InChI=1S/C25H30N2O2/c28-23(21-4-2-1-3-5-21)18-26-15-12-25(13-16-26)14-17-27(24(25)29)22-10-8-20(9-11-22)19-6-7-19/h1-5,8-11,19,23,28H,6-7,12-18H2/t23-/m1/s1. The quantitative estimate of drug-likeness (QED) is 0.835. The van der Waals surface area contributed by atoms with Crippen LogP contribution in [0.15, 0.2) is 54.6 Å². The third kappa shape index (κ3) is 3.72. The summed E-state index contributed by atoms with van der Waals surface area (Å²) in [4.78, 5) is 17.6. The Bertz CT molecular complexity index is 852. The molecule has 2 aromatic carbocycles. The van der Waals surface area contributed by atoms with E-state index in [4.69, 9.17) is 0 Å². The summed E-state index contributed by atoms with van der Waals surface area (Å²) in [5.41, 5.74) is 3.23. The minimum atomic E-state index is -0.467. The number of β-amino-alcohol motifs (C(OH)–C–C–N with tert-alkyl or cyclic N) is 1. The van der Waals surface area contributed by atoms with E-state index < -0.39 is 6.10 Å². The Labute approximate surface area is 173 Å². The zero-order valence-corrected chi connectivity index (χ0v) is 17.0. The molecule has 1 saturated carbocycles. The van der Waals surface area contributed by atoms with Gasteiger partial charge in [0.15, 0.2) is 0 Å². The third-order valence-corrected chi connectivity index (χ3v) is 7.19. The molecule has 2 heterocycles. The highest BCUT2D eigenvalue weighted by Crippen LogP contribution is 2.44. The maximum absolute atomic E-state index is 13.3. The van der Waals surface area contributed by atoms with Gasteiger partial charge in [-0.05, 0) is 74.4 Å². The van der Waals surface area contributed by atoms with Crippen LogP contribution in [-0.4, -0.2) is 42.1 Å². The van der Waals surface area contributed by atoms with Crippen LogP contribution in [0.25, 0.3) is 0 Å². The van der Waals surface area contributed by atoms with Crippen LogP contribution in [0, 0.1) is 5.41 Å². The summed E-state index contributed by atoms with van der Waals surface area (Å²) < 4.78 is 0. The number of aliphatic hydroxyl groups excluding tert-OH is 1. The van der Waals surface area contributed by atoms with Gasteiger partial charge in [-0.3, -0.25) is 4.79 Å². The molecule has 1 aliphatic carbocycles. The Hall–Kier alpha value is -2.17. The first-order chi connectivity index (χ1) is 14.1. The molecule has 4 heteroatoms. The second kappa shape index (κ2) is 7.58. The minimum Gasteiger partial charge on any atom is -0.387 e. The van der Waals surface area contributed by atoms with E-state index in [0.717, 1.165) is 56.1 Å². The summed E-state index contributed by atoms with van der Waals surface area (Å²) in [5.74, 6) is 1.06. The van der Waals surface area contributed by atoms with Crippen molar-refractivity contribution in [3.63, 3.8) is 0 Å². The average molecular weight is 391 g/mol. The lowest BCUT2D eigenvalue weighted by Gasteiger charge is -2.38. The number of hydrogen-bond acceptors (Lipinski definition) is 3. The highest BCUT2D eigenvalue weighted by Gasteiger charge is 2.48. The molecule has 2 saturated heterocycles. The number of likely N-dealkylation sites (tertiary alicyclic amines) is 1. The summed E-state index contributed by atoms with van der Waals surface area (Å²) >= 11 is 0. The molecule has 1 spiro atoms. The predicted octanol–water partition coefficient (Wildman–Crippen LogP) is 4.12. The van der Waals surface area contributed by atoms with Gasteiger partial charge in [-0.2, -0.15) is 0 Å². The number of rotatable bonds is 5. The second-order valence-corrected chi connectivity index (χ2v) is 9.08. The van der Waals surface area contributed by atoms with E-state index in [0.29, 0.717) is 12.5 Å². The molecule has 152 valence electrons. The lowest BCUT2D eigenvalue weighted by molar-refractivity contribution is -0.128. The largest absolute Gasteiger partial charge is 0.387 e. The van der Waals surface area contributed by atoms with Crippen molar-refractivity contribution >= 4 is 11.6 Å². The van der Waals surface area contributed by atoms with E-state index in [1.807, 2.05) is 35.2 Å². The Morgan fingerprint density at radius 1 is 0.931 bits per heavy atom. The molecule has 3 aliphatic rings. The van der Waals surface area contributed by atoms with Crippen molar-refractivity contribution in [1.82, 2.24) is 4.90 Å². The van der Waals surface area contributed by atoms with Gasteiger partial charge < -0.3 is 14.9 Å². The normalized spacial score (nSPS) is 22.9. The first-order valence-corrected chi connectivity index (χ1v) is 11.0. The van der Waals surface area contributed by atoms with Crippen LogP contribution in [0.4, 0.5) is 5.69 Å². The van der Waals surface area contributed by atoms with Gasteiger partial charge in [0.25, 0.3) is 0 Å². The summed E-state index contributed by atoms with van der Waals surface area (Å²) in [7, 11) is 0. The van der Waals surface area contributed by atoms with Crippen molar-refractivity contribution in [2.24, 2.45) is 5.41 Å². The molecule has 1 atom stereocenters. The van der Waals surface area contributed by atoms with Crippen LogP contribution in [0.3, 0.4) is 0 Å². The Kier molecular flexibility index (Phi) is 4.92. The van der Waals surface area contributed by atoms with Crippen LogP contribution in [0.2, 0.25) is 0 Å². The van der Waals surface area contributed by atoms with Crippen molar-refractivity contribution in [3.8, 4) is 0 Å². The Balaban J connectivity index is 1.20. The molecule has 0 aromatic heterocycles. The van der Waals surface area contributed by atoms with Gasteiger partial charge in [0.2, 0.25) is 5.91 Å². The molecule has 1 amide bonds. The molecule has 4 nitrogen and oxygen atoms in total. The van der Waals surface area contributed by atoms with E-state index in [1.165, 1.54) is 18.4 Å². The van der Waals surface area contributed by atoms with Gasteiger partial charge in [0.05, 0.1) is 11.5 Å². The number of nitrogens with zero attached hydrogens (tertiary/aromatic N) is 2. The lowest BCUT2D eigenvalue weighted by Crippen LogP contribution is -2.45. The number of piperidine rings is 1. The SMILES string of the molecule is O=C1N(c2ccc(C3CC3)cc2)CCC12CCN(C[C@@H](O)c1ccccc1)CC2. The monoisotopic (exact) mass is 390 g/mol. The van der Waals surface area contributed by atoms with Crippen LogP contribution in [-0.2, 0) is 4.79 Å². The highest BCUT2D eigenvalue weighted by molar-refractivity contribution is 6.00. The van der Waals surface area contributed by atoms with Gasteiger partial charge >= 0.3 is 0 Å². The summed E-state index contributed by atoms with van der Waals surface area (Å²) in [6, 6.07) is 18.5. The van der Waals surface area contributed by atoms with Gasteiger partial charge in [-0.25, -0.2) is 0 Å². The van der Waals surface area contributed by atoms with Crippen molar-refractivity contribution in [2.45, 2.75) is 44.1 Å². The molecule has 2 aliphatic heterocycles. The van der Waals surface area contributed by atoms with Gasteiger partial charge in [0.1, 0.15) is 0 Å². The molecule has 2 aromatic rings. The van der Waals surface area contributed by atoms with Crippen LogP contribution < -0.4 is 4.90 Å². The molecule has 3 fully saturated rings. The fourth-order valence-electron chi connectivity index (χ4n) is 5.06. The number of anilines is 1. The number of hydrogen-bond donors (Lipinski definition) is 1. The van der Waals surface area contributed by atoms with E-state index >= 15 is 0 Å². The molecule has 5 rings (SSSR count). The lowest BCUT2D eigenvalue weighted by atomic mass is 9.77. The zero-order valence-electron chi connectivity index (χ0n) is 17.0. The highest BCUT2D eigenvalue weighted by atomic mass is 16.3. The van der Waals surface area contributed by atoms with Crippen LogP contribution in [0.5, 0.6) is 0 Å². The number of amides is 1. The molecular weight excluding hydrogens is 360 g/mol. The van der Waals surface area contributed by atoms with Crippen LogP contribution >= 0.6 is 0 Å². The fraction of sp³-hybridized carbons (Fsp3) is 0.480. The molecule has 1 N–H and O–H groups in total. The number of carbonyl (C=O) groups is 1. The summed E-state index contributed by atoms with van der Waals surface area (Å²) in [6.07, 6.45) is 4.88. The number of aliphatic hydroxyl groups is 1. The van der Waals surface area contributed by atoms with Crippen molar-refractivity contribution < 1.29 is 9.90 Å². The fourth-order valence-corrected chi connectivity index (χ4v) is 5.06. The molecule has 0 unspecified atom stereocenters. The predicted molar refractivity (Wildman–Crippen MR) is 115 cm³/mol. The van der Waals surface area contributed by atoms with Gasteiger partial charge in [-0.1, -0.05) is 42.5 Å². The average Bonchev–Trinajstić information content (AvgIpc) is 3.57. The maximum atomic E-state index is 13.3. The van der Waals surface area contributed by atoms with E-state index in [-0.39, 0.29) is 5.41 Å². The number of carbonyl (C=O) groups excluding carboxylic acids is 1. The summed E-state index contributed by atoms with van der Waals surface area (Å²) in [6.45, 7) is 3.23. The second-order valence-electron chi connectivity index (χ2n) is 9.08. The molecule has 0 radical (unpaired) electrons. The smallest absolute Gasteiger partial charge is 0.233 e. The number of benzene rings is 2. The van der Waals surface area contributed by atoms with Crippen LogP contribution in [0.1, 0.15) is 55.3 Å². The maximum Gasteiger partial charge on any atom is 0.233 e. The van der Waals surface area contributed by atoms with Gasteiger partial charge in [-0.15, -0.1) is 0 Å². The van der Waals surface area contributed by atoms with Crippen molar-refractivity contribution in [1.29, 1.82) is 0 Å². The first-order valence-electron chi connectivity index (χ1n) is 11.0. The molecule has 0 bridgehead atoms. The van der Waals surface area contributed by atoms with Gasteiger partial charge in [0, 0.05) is 18.8 Å². The van der Waals surface area contributed by atoms with E-state index in [1.54, 1.807) is 0 Å². The zero-order chi connectivity index (χ0) is 19.8. The first kappa shape index (κ1) is 18.8. The minimum absolute atomic E-state index is 0.205. The van der Waals surface area contributed by atoms with Crippen molar-refractivity contribution in [2.75, 3.05) is 31.1 Å². The Morgan fingerprint density at radius 3 is 2.24 bits per heavy atom. The van der Waals surface area contributed by atoms with E-state index in [9.17, 15) is 9.90 Å². The Morgan fingerprint density at radius 2 is 1.59 bits per heavy atom. The van der Waals surface area contributed by atoms with Crippen molar-refractivity contribution in [3.05, 3.63) is 65.7 Å². The molecular formula is C25H30N2O2. The molecule has 29 heavy (non-hydrogen) atoms. The topological polar surface area (TPSA) is 43.8 Å². The third-order valence-electron chi connectivity index (χ3n) is 7.19.